The number of amides is 4. The van der Waals surface area contributed by atoms with E-state index in [4.69, 9.17) is 18.9 Å². The van der Waals surface area contributed by atoms with E-state index in [1.54, 1.807) is 83.1 Å². The Labute approximate surface area is 433 Å². The fraction of sp³-hybridized carbons (Fsp3) is 0.462. The van der Waals surface area contributed by atoms with Crippen LogP contribution in [0.5, 0.6) is 23.0 Å². The van der Waals surface area contributed by atoms with Crippen molar-refractivity contribution in [2.75, 3.05) is 49.7 Å². The van der Waals surface area contributed by atoms with Gasteiger partial charge in [0.1, 0.15) is 23.0 Å². The minimum atomic E-state index is -4.56. The van der Waals surface area contributed by atoms with E-state index in [1.165, 1.54) is 77.0 Å². The number of carbonyl (C=O) groups excluding carboxylic acids is 4. The van der Waals surface area contributed by atoms with Crippen molar-refractivity contribution in [1.82, 2.24) is 0 Å². The second-order valence-electron chi connectivity index (χ2n) is 20.5. The van der Waals surface area contributed by atoms with Gasteiger partial charge in [-0.3, -0.25) is 19.2 Å². The van der Waals surface area contributed by atoms with Gasteiger partial charge < -0.3 is 40.2 Å². The Morgan fingerprint density at radius 1 is 0.303 bits per heavy atom. The molecule has 76 heavy (non-hydrogen) atoms. The number of hydrogen-bond acceptors (Lipinski definition) is 8. The van der Waals surface area contributed by atoms with Gasteiger partial charge in [0, 0.05) is 21.7 Å². The maximum atomic E-state index is 12.9. The highest BCUT2D eigenvalue weighted by Gasteiger charge is 2.39. The monoisotopic (exact) mass is 1100 g/mol. The molecule has 0 bridgehead atoms. The number of halogens is 12. The molecule has 0 aromatic heterocycles. The Morgan fingerprint density at radius 3 is 0.553 bits per heavy atom. The van der Waals surface area contributed by atoms with Gasteiger partial charge in [0.15, 0.2) is 0 Å². The maximum Gasteiger partial charge on any atom is 0.418 e. The van der Waals surface area contributed by atoms with Crippen LogP contribution in [-0.2, 0) is 43.9 Å². The number of hydrogen-bond donors (Lipinski definition) is 4. The summed E-state index contributed by atoms with van der Waals surface area (Å²) in [5.74, 6) is -1.60. The summed E-state index contributed by atoms with van der Waals surface area (Å²) in [6, 6.07) is 13.7. The Bertz CT molecular complexity index is 2260. The summed E-state index contributed by atoms with van der Waals surface area (Å²) in [5.41, 5.74) is -7.89. The normalized spacial score (nSPS) is 12.2. The standard InChI is InChI=1S/4C13H16F3NO2/c4*1-12(2,3)11(18)17-10-6-5-8(19-4)7-9(10)13(14,15)16/h4*5-7H,1-4H3,(H,17,18). The molecule has 0 atom stereocenters. The first-order valence-corrected chi connectivity index (χ1v) is 22.5. The molecule has 4 N–H and O–H groups in total. The molecule has 4 rings (SSSR count). The molecule has 0 aliphatic heterocycles. The molecule has 0 radical (unpaired) electrons. The molecule has 0 fully saturated rings. The van der Waals surface area contributed by atoms with Crippen molar-refractivity contribution in [2.45, 2.75) is 108 Å². The molecule has 0 unspecified atom stereocenters. The summed E-state index contributed by atoms with van der Waals surface area (Å²) in [7, 11) is 5.12. The molecular formula is C52H64F12N4O8. The summed E-state index contributed by atoms with van der Waals surface area (Å²) in [6.07, 6.45) is -18.2. The van der Waals surface area contributed by atoms with Crippen LogP contribution >= 0.6 is 0 Å². The molecule has 24 heteroatoms. The average Bonchev–Trinajstić information content (AvgIpc) is 3.27. The predicted octanol–water partition coefficient (Wildman–Crippen LogP) is 14.8. The van der Waals surface area contributed by atoms with Crippen molar-refractivity contribution >= 4 is 46.4 Å². The van der Waals surface area contributed by atoms with E-state index in [0.717, 1.165) is 24.3 Å². The van der Waals surface area contributed by atoms with Crippen LogP contribution in [0.2, 0.25) is 0 Å². The number of methoxy groups -OCH3 is 4. The first-order valence-electron chi connectivity index (χ1n) is 22.5. The van der Waals surface area contributed by atoms with Crippen LogP contribution in [0.15, 0.2) is 72.8 Å². The van der Waals surface area contributed by atoms with Gasteiger partial charge in [-0.25, -0.2) is 0 Å². The minimum Gasteiger partial charge on any atom is -0.497 e. The minimum absolute atomic E-state index is 0.0843. The zero-order chi connectivity index (χ0) is 59.4. The van der Waals surface area contributed by atoms with E-state index in [0.29, 0.717) is 0 Å². The Hall–Kier alpha value is -6.88. The molecule has 0 aliphatic rings. The van der Waals surface area contributed by atoms with Crippen LogP contribution < -0.4 is 40.2 Å². The predicted molar refractivity (Wildman–Crippen MR) is 264 cm³/mol. The summed E-state index contributed by atoms with van der Waals surface area (Å²) < 4.78 is 174. The Kier molecular flexibility index (Phi) is 22.8. The van der Waals surface area contributed by atoms with Gasteiger partial charge in [0.05, 0.1) is 73.4 Å². The van der Waals surface area contributed by atoms with Crippen LogP contribution in [0.1, 0.15) is 105 Å². The van der Waals surface area contributed by atoms with Gasteiger partial charge in [-0.05, 0) is 72.8 Å². The van der Waals surface area contributed by atoms with Crippen molar-refractivity contribution in [3.05, 3.63) is 95.1 Å². The van der Waals surface area contributed by atoms with Crippen LogP contribution in [0.25, 0.3) is 0 Å². The molecular weight excluding hydrogens is 1040 g/mol. The SMILES string of the molecule is COc1ccc(NC(=O)C(C)(C)C)c(C(F)(F)F)c1.COc1ccc(NC(=O)C(C)(C)C)c(C(F)(F)F)c1.COc1ccc(NC(=O)C(C)(C)C)c(C(F)(F)F)c1.COc1ccc(NC(=O)C(C)(C)C)c(C(F)(F)F)c1. The number of benzene rings is 4. The second kappa shape index (κ2) is 25.8. The van der Waals surface area contributed by atoms with Crippen LogP contribution in [0.3, 0.4) is 0 Å². The molecule has 0 spiro atoms. The molecule has 12 nitrogen and oxygen atoms in total. The smallest absolute Gasteiger partial charge is 0.418 e. The van der Waals surface area contributed by atoms with Gasteiger partial charge in [0.2, 0.25) is 23.6 Å². The Balaban J connectivity index is 0.000000507. The van der Waals surface area contributed by atoms with Gasteiger partial charge >= 0.3 is 24.7 Å². The number of anilines is 4. The molecule has 4 aromatic rings. The summed E-state index contributed by atoms with van der Waals surface area (Å²) >= 11 is 0. The summed E-state index contributed by atoms with van der Waals surface area (Å²) in [5, 5.41) is 9.18. The number of alkyl halides is 12. The first-order chi connectivity index (χ1) is 34.2. The van der Waals surface area contributed by atoms with Crippen molar-refractivity contribution in [2.24, 2.45) is 21.7 Å². The van der Waals surface area contributed by atoms with Gasteiger partial charge in [-0.15, -0.1) is 0 Å². The topological polar surface area (TPSA) is 153 Å². The summed E-state index contributed by atoms with van der Waals surface area (Å²) in [4.78, 5) is 47.0. The molecule has 4 aromatic carbocycles. The van der Waals surface area contributed by atoms with Gasteiger partial charge in [-0.1, -0.05) is 83.1 Å². The Morgan fingerprint density at radius 2 is 0.447 bits per heavy atom. The molecule has 424 valence electrons. The van der Waals surface area contributed by atoms with Gasteiger partial charge in [0.25, 0.3) is 0 Å². The molecule has 4 amide bonds. The van der Waals surface area contributed by atoms with Crippen LogP contribution in [0.4, 0.5) is 75.4 Å². The third-order valence-corrected chi connectivity index (χ3v) is 9.85. The van der Waals surface area contributed by atoms with Crippen molar-refractivity contribution in [3.63, 3.8) is 0 Å². The number of nitrogens with one attached hydrogen (secondary N) is 4. The fourth-order valence-electron chi connectivity index (χ4n) is 5.21. The lowest BCUT2D eigenvalue weighted by Crippen LogP contribution is -2.28. The average molecular weight is 1100 g/mol. The summed E-state index contributed by atoms with van der Waals surface area (Å²) in [6.45, 7) is 19.5. The zero-order valence-corrected chi connectivity index (χ0v) is 44.7. The lowest BCUT2D eigenvalue weighted by atomic mass is 9.95. The molecule has 0 heterocycles. The lowest BCUT2D eigenvalue weighted by molar-refractivity contribution is -0.138. The first kappa shape index (κ1) is 67.1. The zero-order valence-electron chi connectivity index (χ0n) is 44.7. The van der Waals surface area contributed by atoms with E-state index < -0.39 is 92.2 Å². The highest BCUT2D eigenvalue weighted by Crippen LogP contribution is 2.41. The van der Waals surface area contributed by atoms with Crippen LogP contribution in [-0.4, -0.2) is 52.1 Å². The van der Waals surface area contributed by atoms with Crippen LogP contribution in [0, 0.1) is 21.7 Å². The van der Waals surface area contributed by atoms with Crippen molar-refractivity contribution in [3.8, 4) is 23.0 Å². The lowest BCUT2D eigenvalue weighted by Gasteiger charge is -2.20. The second-order valence-corrected chi connectivity index (χ2v) is 20.5. The number of carbonyl (C=O) groups is 4. The number of rotatable bonds is 8. The quantitative estimate of drug-likeness (QED) is 0.127. The maximum absolute atomic E-state index is 12.9. The van der Waals surface area contributed by atoms with E-state index in [2.05, 4.69) is 21.3 Å². The van der Waals surface area contributed by atoms with E-state index in [-0.39, 0.29) is 45.7 Å². The third-order valence-electron chi connectivity index (χ3n) is 9.85. The molecule has 0 aliphatic carbocycles. The third kappa shape index (κ3) is 21.4. The molecule has 0 saturated carbocycles. The van der Waals surface area contributed by atoms with Crippen molar-refractivity contribution in [1.29, 1.82) is 0 Å². The van der Waals surface area contributed by atoms with E-state index in [1.807, 2.05) is 0 Å². The van der Waals surface area contributed by atoms with Gasteiger partial charge in [-0.2, -0.15) is 52.7 Å². The fourth-order valence-corrected chi connectivity index (χ4v) is 5.21. The van der Waals surface area contributed by atoms with Crippen molar-refractivity contribution < 1.29 is 90.8 Å². The van der Waals surface area contributed by atoms with E-state index in [9.17, 15) is 71.9 Å². The number of ether oxygens (including phenoxy) is 4. The highest BCUT2D eigenvalue weighted by atomic mass is 19.4. The molecule has 0 saturated heterocycles. The largest absolute Gasteiger partial charge is 0.497 e. The van der Waals surface area contributed by atoms with E-state index >= 15 is 0 Å². The highest BCUT2D eigenvalue weighted by molar-refractivity contribution is 5.97.